The van der Waals surface area contributed by atoms with Gasteiger partial charge in [-0.25, -0.2) is 13.2 Å². The number of aromatic nitrogens is 2. The van der Waals surface area contributed by atoms with Crippen molar-refractivity contribution in [2.75, 3.05) is 5.32 Å². The maximum Gasteiger partial charge on any atom is 0.276 e. The zero-order chi connectivity index (χ0) is 14.9. The molecule has 0 aliphatic heterocycles. The van der Waals surface area contributed by atoms with Crippen molar-refractivity contribution in [1.29, 1.82) is 0 Å². The van der Waals surface area contributed by atoms with Gasteiger partial charge >= 0.3 is 0 Å². The number of H-pyrrole nitrogens is 1. The molecule has 2 N–H and O–H groups in total. The van der Waals surface area contributed by atoms with E-state index in [2.05, 4.69) is 15.5 Å². The van der Waals surface area contributed by atoms with Crippen LogP contribution < -0.4 is 5.32 Å². The highest BCUT2D eigenvalue weighted by atomic mass is 19.2. The third kappa shape index (κ3) is 2.66. The summed E-state index contributed by atoms with van der Waals surface area (Å²) in [5.74, 6) is -4.96. The Morgan fingerprint density at radius 2 is 1.95 bits per heavy atom. The van der Waals surface area contributed by atoms with Crippen LogP contribution in [0.3, 0.4) is 0 Å². The smallest absolute Gasteiger partial charge is 0.276 e. The average Bonchev–Trinajstić information content (AvgIpc) is 2.89. The lowest BCUT2D eigenvalue weighted by Gasteiger charge is -2.05. The molecule has 20 heavy (non-hydrogen) atoms. The number of nitrogens with one attached hydrogen (secondary N) is 2. The van der Waals surface area contributed by atoms with E-state index in [1.54, 1.807) is 0 Å². The van der Waals surface area contributed by atoms with Crippen LogP contribution in [0, 0.1) is 17.5 Å². The second-order valence-corrected chi connectivity index (χ2v) is 4.54. The second kappa shape index (κ2) is 5.36. The van der Waals surface area contributed by atoms with Gasteiger partial charge in [-0.1, -0.05) is 13.8 Å². The number of carbonyl (C=O) groups excluding carboxylic acids is 1. The van der Waals surface area contributed by atoms with Gasteiger partial charge < -0.3 is 5.32 Å². The minimum Gasteiger partial charge on any atom is -0.318 e. The van der Waals surface area contributed by atoms with E-state index < -0.39 is 29.0 Å². The first-order chi connectivity index (χ1) is 9.40. The highest BCUT2D eigenvalue weighted by Crippen LogP contribution is 2.20. The molecule has 2 aromatic rings. The SMILES string of the molecule is CC(C)c1cc(C(=O)Nc2ccc(F)c(F)c2F)n[nH]1. The lowest BCUT2D eigenvalue weighted by atomic mass is 10.1. The van der Waals surface area contributed by atoms with E-state index in [0.29, 0.717) is 0 Å². The Kier molecular flexibility index (Phi) is 3.78. The average molecular weight is 283 g/mol. The minimum absolute atomic E-state index is 0.0397. The molecule has 1 aromatic heterocycles. The maximum absolute atomic E-state index is 13.4. The van der Waals surface area contributed by atoms with Crippen molar-refractivity contribution in [3.05, 3.63) is 47.0 Å². The molecular formula is C13H12F3N3O. The molecule has 0 atom stereocenters. The summed E-state index contributed by atoms with van der Waals surface area (Å²) >= 11 is 0. The van der Waals surface area contributed by atoms with Gasteiger partial charge in [0.05, 0.1) is 5.69 Å². The van der Waals surface area contributed by atoms with E-state index in [0.717, 1.165) is 17.8 Å². The lowest BCUT2D eigenvalue weighted by molar-refractivity contribution is 0.102. The van der Waals surface area contributed by atoms with Gasteiger partial charge in [0.1, 0.15) is 0 Å². The third-order valence-electron chi connectivity index (χ3n) is 2.74. The Morgan fingerprint density at radius 3 is 2.55 bits per heavy atom. The van der Waals surface area contributed by atoms with Crippen LogP contribution in [0.15, 0.2) is 18.2 Å². The van der Waals surface area contributed by atoms with Crippen molar-refractivity contribution in [1.82, 2.24) is 10.2 Å². The van der Waals surface area contributed by atoms with E-state index in [1.165, 1.54) is 6.07 Å². The molecule has 1 heterocycles. The van der Waals surface area contributed by atoms with Crippen molar-refractivity contribution >= 4 is 11.6 Å². The van der Waals surface area contributed by atoms with Crippen molar-refractivity contribution in [2.45, 2.75) is 19.8 Å². The van der Waals surface area contributed by atoms with Crippen LogP contribution in [0.25, 0.3) is 0 Å². The summed E-state index contributed by atoms with van der Waals surface area (Å²) in [4.78, 5) is 11.8. The molecule has 1 aromatic carbocycles. The fourth-order valence-corrected chi connectivity index (χ4v) is 1.56. The first-order valence-corrected chi connectivity index (χ1v) is 5.90. The summed E-state index contributed by atoms with van der Waals surface area (Å²) < 4.78 is 39.2. The number of anilines is 1. The first kappa shape index (κ1) is 14.1. The van der Waals surface area contributed by atoms with Crippen molar-refractivity contribution < 1.29 is 18.0 Å². The molecular weight excluding hydrogens is 271 g/mol. The minimum atomic E-state index is -1.63. The number of aromatic amines is 1. The van der Waals surface area contributed by atoms with Gasteiger partial charge in [0.2, 0.25) is 0 Å². The molecule has 1 amide bonds. The Balaban J connectivity index is 2.21. The Hall–Kier alpha value is -2.31. The zero-order valence-electron chi connectivity index (χ0n) is 10.8. The predicted molar refractivity (Wildman–Crippen MR) is 66.9 cm³/mol. The number of hydrogen-bond donors (Lipinski definition) is 2. The van der Waals surface area contributed by atoms with E-state index in [4.69, 9.17) is 0 Å². The van der Waals surface area contributed by atoms with Gasteiger partial charge in [-0.15, -0.1) is 0 Å². The number of hydrogen-bond acceptors (Lipinski definition) is 2. The van der Waals surface area contributed by atoms with E-state index >= 15 is 0 Å². The molecule has 106 valence electrons. The Morgan fingerprint density at radius 1 is 1.25 bits per heavy atom. The fraction of sp³-hybridized carbons (Fsp3) is 0.231. The lowest BCUT2D eigenvalue weighted by Crippen LogP contribution is -2.14. The summed E-state index contributed by atoms with van der Waals surface area (Å²) in [6.45, 7) is 3.81. The number of carbonyl (C=O) groups is 1. The molecule has 0 aliphatic rings. The number of benzene rings is 1. The summed E-state index contributed by atoms with van der Waals surface area (Å²) in [7, 11) is 0. The number of amides is 1. The summed E-state index contributed by atoms with van der Waals surface area (Å²) in [5.41, 5.74) is 0.335. The standard InChI is InChI=1S/C13H12F3N3O/c1-6(2)9-5-10(19-18-9)13(20)17-8-4-3-7(14)11(15)12(8)16/h3-6H,1-2H3,(H,17,20)(H,18,19). The molecule has 7 heteroatoms. The number of halogens is 3. The second-order valence-electron chi connectivity index (χ2n) is 4.54. The monoisotopic (exact) mass is 283 g/mol. The highest BCUT2D eigenvalue weighted by molar-refractivity contribution is 6.02. The predicted octanol–water partition coefficient (Wildman–Crippen LogP) is 3.20. The normalized spacial score (nSPS) is 10.9. The van der Waals surface area contributed by atoms with Gasteiger partial charge in [0, 0.05) is 5.69 Å². The Bertz CT molecular complexity index is 652. The van der Waals surface area contributed by atoms with Crippen LogP contribution in [0.1, 0.15) is 35.9 Å². The molecule has 0 aliphatic carbocycles. The highest BCUT2D eigenvalue weighted by Gasteiger charge is 2.17. The quantitative estimate of drug-likeness (QED) is 0.850. The van der Waals surface area contributed by atoms with E-state index in [9.17, 15) is 18.0 Å². The number of rotatable bonds is 3. The van der Waals surface area contributed by atoms with Crippen molar-refractivity contribution in [3.8, 4) is 0 Å². The molecule has 0 saturated carbocycles. The van der Waals surface area contributed by atoms with Crippen molar-refractivity contribution in [3.63, 3.8) is 0 Å². The van der Waals surface area contributed by atoms with Crippen LogP contribution >= 0.6 is 0 Å². The molecule has 2 rings (SSSR count). The van der Waals surface area contributed by atoms with Gasteiger partial charge in [-0.05, 0) is 24.1 Å². The van der Waals surface area contributed by atoms with Crippen LogP contribution in [0.5, 0.6) is 0 Å². The molecule has 0 radical (unpaired) electrons. The summed E-state index contributed by atoms with van der Waals surface area (Å²) in [6, 6.07) is 3.19. The van der Waals surface area contributed by atoms with Gasteiger partial charge in [0.15, 0.2) is 23.1 Å². The topological polar surface area (TPSA) is 57.8 Å². The molecule has 0 saturated heterocycles. The largest absolute Gasteiger partial charge is 0.318 e. The first-order valence-electron chi connectivity index (χ1n) is 5.90. The third-order valence-corrected chi connectivity index (χ3v) is 2.74. The molecule has 0 bridgehead atoms. The summed E-state index contributed by atoms with van der Waals surface area (Å²) in [5, 5.41) is 8.59. The molecule has 0 fully saturated rings. The fourth-order valence-electron chi connectivity index (χ4n) is 1.56. The Labute approximate surface area is 113 Å². The van der Waals surface area contributed by atoms with E-state index in [-0.39, 0.29) is 11.6 Å². The molecule has 0 unspecified atom stereocenters. The van der Waals surface area contributed by atoms with Crippen molar-refractivity contribution in [2.24, 2.45) is 0 Å². The zero-order valence-corrected chi connectivity index (χ0v) is 10.8. The number of nitrogens with zero attached hydrogens (tertiary/aromatic N) is 1. The maximum atomic E-state index is 13.4. The molecule has 4 nitrogen and oxygen atoms in total. The van der Waals surface area contributed by atoms with Crippen LogP contribution in [-0.2, 0) is 0 Å². The van der Waals surface area contributed by atoms with Gasteiger partial charge in [0.25, 0.3) is 5.91 Å². The molecule has 0 spiro atoms. The van der Waals surface area contributed by atoms with Gasteiger partial charge in [-0.2, -0.15) is 5.10 Å². The van der Waals surface area contributed by atoms with Crippen LogP contribution in [0.4, 0.5) is 18.9 Å². The van der Waals surface area contributed by atoms with Crippen LogP contribution in [0.2, 0.25) is 0 Å². The summed E-state index contributed by atoms with van der Waals surface area (Å²) in [6.07, 6.45) is 0. The van der Waals surface area contributed by atoms with Crippen LogP contribution in [-0.4, -0.2) is 16.1 Å². The van der Waals surface area contributed by atoms with Gasteiger partial charge in [-0.3, -0.25) is 9.89 Å². The van der Waals surface area contributed by atoms with E-state index in [1.807, 2.05) is 13.8 Å².